The minimum absolute atomic E-state index is 0.231. The van der Waals surface area contributed by atoms with Crippen LogP contribution in [0.2, 0.25) is 0 Å². The van der Waals surface area contributed by atoms with Crippen molar-refractivity contribution < 1.29 is 54.4 Å². The smallest absolute Gasteiger partial charge is 0.386 e. The highest BCUT2D eigenvalue weighted by Gasteiger charge is 2.36. The van der Waals surface area contributed by atoms with E-state index in [2.05, 4.69) is 13.8 Å². The molecule has 0 N–H and O–H groups in total. The number of phosphoric acid groups is 3. The maximum Gasteiger partial charge on any atom is 0.647 e. The molecule has 12 nitrogen and oxygen atoms in total. The number of benzene rings is 9. The zero-order valence-electron chi connectivity index (χ0n) is 40.9. The van der Waals surface area contributed by atoms with Crippen molar-refractivity contribution in [2.45, 2.75) is 33.1 Å². The van der Waals surface area contributed by atoms with Gasteiger partial charge in [0.1, 0.15) is 51.7 Å². The van der Waals surface area contributed by atoms with Gasteiger partial charge in [-0.05, 0) is 131 Å². The second-order valence-corrected chi connectivity index (χ2v) is 20.8. The first kappa shape index (κ1) is 52.2. The second-order valence-electron chi connectivity index (χ2n) is 16.5. The summed E-state index contributed by atoms with van der Waals surface area (Å²) in [5.41, 5.74) is 2.91. The summed E-state index contributed by atoms with van der Waals surface area (Å²) in [7, 11) is -12.7. The molecule has 9 aromatic rings. The van der Waals surface area contributed by atoms with Crippen molar-refractivity contribution in [1.29, 1.82) is 0 Å². The molecule has 376 valence electrons. The molecule has 9 aromatic carbocycles. The van der Waals surface area contributed by atoms with Crippen LogP contribution in [0.25, 0.3) is 11.1 Å². The minimum atomic E-state index is -4.36. The number of hydrogen-bond donors (Lipinski definition) is 0. The van der Waals surface area contributed by atoms with E-state index in [9.17, 15) is 13.7 Å². The summed E-state index contributed by atoms with van der Waals surface area (Å²) >= 11 is 0. The Labute approximate surface area is 431 Å². The molecule has 74 heavy (non-hydrogen) atoms. The molecule has 0 saturated carbocycles. The molecule has 0 radical (unpaired) electrons. The Morgan fingerprint density at radius 1 is 0.243 bits per heavy atom. The maximum absolute atomic E-state index is 14.5. The van der Waals surface area contributed by atoms with Gasteiger partial charge in [0.15, 0.2) is 0 Å². The molecule has 0 saturated heterocycles. The van der Waals surface area contributed by atoms with E-state index in [1.165, 1.54) is 0 Å². The van der Waals surface area contributed by atoms with Crippen LogP contribution in [-0.2, 0) is 19.1 Å². The van der Waals surface area contributed by atoms with Crippen molar-refractivity contribution >= 4 is 23.5 Å². The van der Waals surface area contributed by atoms with Gasteiger partial charge in [-0.15, -0.1) is 0 Å². The minimum Gasteiger partial charge on any atom is -0.386 e. The van der Waals surface area contributed by atoms with Crippen LogP contribution >= 0.6 is 23.5 Å². The summed E-state index contributed by atoms with van der Waals surface area (Å²) < 4.78 is 95.4. The molecule has 1 atom stereocenters. The van der Waals surface area contributed by atoms with E-state index >= 15 is 0 Å². The summed E-state index contributed by atoms with van der Waals surface area (Å²) in [4.78, 5) is 0. The molecule has 0 amide bonds. The SMILES string of the molecule is CC.CC(C)(c1ccc(OP(=O)(Oc2ccccc2)Oc2ccccc2)cc1)c1ccc(OP(=O)(Oc2ccccc2)Oc2ccc(-c3ccc(OP(=O)(Oc4ccccc4)Oc4ccccc4)cc3)cc2)cc1. The van der Waals surface area contributed by atoms with Crippen molar-refractivity contribution in [1.82, 2.24) is 0 Å². The summed E-state index contributed by atoms with van der Waals surface area (Å²) in [5.74, 6) is 2.61. The molecule has 0 aliphatic carbocycles. The summed E-state index contributed by atoms with van der Waals surface area (Å²) in [6.45, 7) is 8.11. The molecule has 0 heterocycles. The van der Waals surface area contributed by atoms with Gasteiger partial charge in [0, 0.05) is 5.41 Å². The van der Waals surface area contributed by atoms with Crippen molar-refractivity contribution in [3.05, 3.63) is 260 Å². The van der Waals surface area contributed by atoms with Crippen molar-refractivity contribution in [3.8, 4) is 62.9 Å². The van der Waals surface area contributed by atoms with E-state index in [1.807, 2.05) is 68.4 Å². The standard InChI is InChI=1S/C57H47O12P3.C2H6/c1-57(2,46-32-40-55(41-33-46)68-71(59,63-50-22-12-5-13-23-50)64-51-24-14-6-15-25-51)47-34-42-56(43-35-47)69-72(60,65-52-26-16-7-17-27-52)67-54-38-30-45(31-39-54)44-28-36-53(37-29-44)66-70(58,61-48-18-8-3-9-19-48)62-49-20-10-4-11-21-49;1-2/h3-43H,1-2H3;1-2H3. The fraction of sp³-hybridized carbons (Fsp3) is 0.0847. The molecular formula is C59H53O12P3. The highest BCUT2D eigenvalue weighted by Crippen LogP contribution is 2.53. The molecule has 0 aromatic heterocycles. The zero-order valence-corrected chi connectivity index (χ0v) is 43.6. The van der Waals surface area contributed by atoms with Crippen LogP contribution in [0, 0.1) is 0 Å². The normalized spacial score (nSPS) is 12.1. The Balaban J connectivity index is 0.00000360. The zero-order chi connectivity index (χ0) is 51.9. The molecule has 15 heteroatoms. The lowest BCUT2D eigenvalue weighted by atomic mass is 9.78. The number of para-hydroxylation sites is 5. The van der Waals surface area contributed by atoms with Gasteiger partial charge >= 0.3 is 23.5 Å². The summed E-state index contributed by atoms with van der Waals surface area (Å²) in [6, 6.07) is 71.5. The van der Waals surface area contributed by atoms with Crippen LogP contribution < -0.4 is 40.7 Å². The highest BCUT2D eigenvalue weighted by atomic mass is 31.2. The van der Waals surface area contributed by atoms with Gasteiger partial charge in [0.2, 0.25) is 0 Å². The van der Waals surface area contributed by atoms with E-state index in [0.29, 0.717) is 23.0 Å². The number of hydrogen-bond acceptors (Lipinski definition) is 12. The Kier molecular flexibility index (Phi) is 17.0. The Morgan fingerprint density at radius 2 is 0.405 bits per heavy atom. The van der Waals surface area contributed by atoms with E-state index in [4.69, 9.17) is 40.7 Å². The van der Waals surface area contributed by atoms with Crippen LogP contribution in [0.5, 0.6) is 51.7 Å². The molecule has 0 aliphatic heterocycles. The predicted molar refractivity (Wildman–Crippen MR) is 289 cm³/mol. The first-order valence-corrected chi connectivity index (χ1v) is 28.0. The summed E-state index contributed by atoms with van der Waals surface area (Å²) in [6.07, 6.45) is 0. The molecule has 0 bridgehead atoms. The maximum atomic E-state index is 14.5. The molecule has 0 fully saturated rings. The largest absolute Gasteiger partial charge is 0.647 e. The molecule has 0 aliphatic rings. The lowest BCUT2D eigenvalue weighted by molar-refractivity contribution is 0.296. The monoisotopic (exact) mass is 1050 g/mol. The van der Waals surface area contributed by atoms with Crippen LogP contribution in [0.1, 0.15) is 38.8 Å². The third-order valence-electron chi connectivity index (χ3n) is 10.9. The van der Waals surface area contributed by atoms with Crippen molar-refractivity contribution in [3.63, 3.8) is 0 Å². The second kappa shape index (κ2) is 24.1. The molecule has 1 unspecified atom stereocenters. The predicted octanol–water partition coefficient (Wildman–Crippen LogP) is 17.6. The molecule has 0 spiro atoms. The fourth-order valence-electron chi connectivity index (χ4n) is 7.18. The van der Waals surface area contributed by atoms with E-state index in [0.717, 1.165) is 22.3 Å². The van der Waals surface area contributed by atoms with Gasteiger partial charge in [0.05, 0.1) is 0 Å². The molecular weight excluding hydrogens is 994 g/mol. The number of rotatable bonds is 21. The first-order chi connectivity index (χ1) is 35.9. The Hall–Kier alpha value is -8.13. The van der Waals surface area contributed by atoms with E-state index in [1.54, 1.807) is 194 Å². The highest BCUT2D eigenvalue weighted by molar-refractivity contribution is 7.50. The van der Waals surface area contributed by atoms with Crippen LogP contribution in [0.15, 0.2) is 249 Å². The third kappa shape index (κ3) is 14.3. The lowest BCUT2D eigenvalue weighted by Crippen LogP contribution is -2.18. The van der Waals surface area contributed by atoms with Crippen molar-refractivity contribution in [2.75, 3.05) is 0 Å². The molecule has 9 rings (SSSR count). The van der Waals surface area contributed by atoms with Gasteiger partial charge in [-0.3, -0.25) is 0 Å². The van der Waals surface area contributed by atoms with Crippen LogP contribution in [0.3, 0.4) is 0 Å². The van der Waals surface area contributed by atoms with Crippen molar-refractivity contribution in [2.24, 2.45) is 0 Å². The topological polar surface area (TPSA) is 134 Å². The van der Waals surface area contributed by atoms with Gasteiger partial charge < -0.3 is 40.7 Å². The van der Waals surface area contributed by atoms with Gasteiger partial charge in [-0.1, -0.05) is 167 Å². The third-order valence-corrected chi connectivity index (χ3v) is 14.8. The van der Waals surface area contributed by atoms with Crippen LogP contribution in [0.4, 0.5) is 0 Å². The van der Waals surface area contributed by atoms with Gasteiger partial charge in [-0.2, -0.15) is 13.7 Å². The average Bonchev–Trinajstić information content (AvgIpc) is 3.41. The van der Waals surface area contributed by atoms with Gasteiger partial charge in [-0.25, -0.2) is 0 Å². The number of phosphoric ester groups is 3. The Bertz CT molecular complexity index is 3210. The van der Waals surface area contributed by atoms with E-state index in [-0.39, 0.29) is 28.7 Å². The average molecular weight is 1050 g/mol. The fourth-order valence-corrected chi connectivity index (χ4v) is 10.9. The van der Waals surface area contributed by atoms with E-state index < -0.39 is 28.9 Å². The Morgan fingerprint density at radius 3 is 0.595 bits per heavy atom. The summed E-state index contributed by atoms with van der Waals surface area (Å²) in [5, 5.41) is 0. The first-order valence-electron chi connectivity index (χ1n) is 23.6. The lowest BCUT2D eigenvalue weighted by Gasteiger charge is -2.27. The van der Waals surface area contributed by atoms with Gasteiger partial charge in [0.25, 0.3) is 0 Å². The quantitative estimate of drug-likeness (QED) is 0.0634. The van der Waals surface area contributed by atoms with Crippen LogP contribution in [-0.4, -0.2) is 0 Å².